The predicted molar refractivity (Wildman–Crippen MR) is 130 cm³/mol. The van der Waals surface area contributed by atoms with Gasteiger partial charge in [-0.05, 0) is 54.4 Å². The van der Waals surface area contributed by atoms with E-state index in [0.717, 1.165) is 23.7 Å². The zero-order valence-corrected chi connectivity index (χ0v) is 19.6. The number of hydrogen-bond acceptors (Lipinski definition) is 7. The van der Waals surface area contributed by atoms with Crippen LogP contribution in [0.25, 0.3) is 10.9 Å². The van der Waals surface area contributed by atoms with Crippen LogP contribution in [-0.2, 0) is 22.5 Å². The maximum absolute atomic E-state index is 13.3. The molecule has 4 rings (SSSR count). The minimum atomic E-state index is -0.522. The lowest BCUT2D eigenvalue weighted by Crippen LogP contribution is -2.25. The Morgan fingerprint density at radius 3 is 2.74 bits per heavy atom. The molecule has 1 N–H and O–H groups in total. The molecule has 8 nitrogen and oxygen atoms in total. The van der Waals surface area contributed by atoms with Crippen LogP contribution in [-0.4, -0.2) is 34.3 Å². The SMILES string of the molecule is CCc1cccc(NC(=O)CSc2nc3cc(C(=O)OC)ccc3c(=O)n2Cc2ccco2)c1. The topological polar surface area (TPSA) is 103 Å². The van der Waals surface area contributed by atoms with Crippen LogP contribution in [0.4, 0.5) is 5.69 Å². The molecule has 0 spiro atoms. The van der Waals surface area contributed by atoms with Gasteiger partial charge in [0.25, 0.3) is 5.56 Å². The molecule has 0 saturated carbocycles. The number of carbonyl (C=O) groups is 2. The van der Waals surface area contributed by atoms with Crippen LogP contribution in [0.2, 0.25) is 0 Å². The summed E-state index contributed by atoms with van der Waals surface area (Å²) in [6.07, 6.45) is 2.40. The number of aryl methyl sites for hydroxylation is 1. The Balaban J connectivity index is 1.64. The summed E-state index contributed by atoms with van der Waals surface area (Å²) in [5, 5.41) is 3.57. The first-order chi connectivity index (χ1) is 16.5. The van der Waals surface area contributed by atoms with Crippen molar-refractivity contribution < 1.29 is 18.7 Å². The molecule has 0 saturated heterocycles. The number of furan rings is 1. The van der Waals surface area contributed by atoms with Crippen LogP contribution in [0.1, 0.15) is 28.6 Å². The normalized spacial score (nSPS) is 10.9. The molecule has 0 aliphatic rings. The van der Waals surface area contributed by atoms with E-state index >= 15 is 0 Å². The number of amides is 1. The lowest BCUT2D eigenvalue weighted by atomic mass is 10.1. The summed E-state index contributed by atoms with van der Waals surface area (Å²) in [7, 11) is 1.29. The second-order valence-electron chi connectivity index (χ2n) is 7.48. The van der Waals surface area contributed by atoms with Crippen molar-refractivity contribution in [2.24, 2.45) is 0 Å². The molecule has 34 heavy (non-hydrogen) atoms. The summed E-state index contributed by atoms with van der Waals surface area (Å²) in [5.41, 5.74) is 2.18. The first-order valence-corrected chi connectivity index (χ1v) is 11.6. The van der Waals surface area contributed by atoms with Gasteiger partial charge in [-0.25, -0.2) is 9.78 Å². The van der Waals surface area contributed by atoms with E-state index in [9.17, 15) is 14.4 Å². The molecule has 2 heterocycles. The number of anilines is 1. The molecule has 2 aromatic carbocycles. The monoisotopic (exact) mass is 477 g/mol. The van der Waals surface area contributed by atoms with Gasteiger partial charge in [0, 0.05) is 5.69 Å². The molecule has 0 unspecified atom stereocenters. The minimum absolute atomic E-state index is 0.0448. The fourth-order valence-corrected chi connectivity index (χ4v) is 4.25. The maximum atomic E-state index is 13.3. The predicted octanol–water partition coefficient (Wildman–Crippen LogP) is 4.12. The smallest absolute Gasteiger partial charge is 0.337 e. The highest BCUT2D eigenvalue weighted by Gasteiger charge is 2.17. The highest BCUT2D eigenvalue weighted by Crippen LogP contribution is 2.21. The molecule has 1 amide bonds. The van der Waals surface area contributed by atoms with E-state index in [1.807, 2.05) is 31.2 Å². The molecule has 0 atom stereocenters. The number of rotatable bonds is 8. The van der Waals surface area contributed by atoms with Crippen LogP contribution >= 0.6 is 11.8 Å². The molecule has 174 valence electrons. The Morgan fingerprint density at radius 1 is 1.15 bits per heavy atom. The summed E-state index contributed by atoms with van der Waals surface area (Å²) < 4.78 is 11.7. The number of nitrogens with zero attached hydrogens (tertiary/aromatic N) is 2. The van der Waals surface area contributed by atoms with Crippen molar-refractivity contribution in [1.82, 2.24) is 9.55 Å². The number of carbonyl (C=O) groups excluding carboxylic acids is 2. The third-order valence-corrected chi connectivity index (χ3v) is 6.16. The van der Waals surface area contributed by atoms with Gasteiger partial charge in [-0.3, -0.25) is 14.2 Å². The quantitative estimate of drug-likeness (QED) is 0.231. The number of hydrogen-bond donors (Lipinski definition) is 1. The largest absolute Gasteiger partial charge is 0.467 e. The Morgan fingerprint density at radius 2 is 2.00 bits per heavy atom. The number of fused-ring (bicyclic) bond motifs is 1. The number of ether oxygens (including phenoxy) is 1. The van der Waals surface area contributed by atoms with Gasteiger partial charge in [0.15, 0.2) is 5.16 Å². The summed E-state index contributed by atoms with van der Waals surface area (Å²) in [6.45, 7) is 2.21. The molecule has 0 aliphatic carbocycles. The van der Waals surface area contributed by atoms with Crippen molar-refractivity contribution in [1.29, 1.82) is 0 Å². The summed E-state index contributed by atoms with van der Waals surface area (Å²) in [4.78, 5) is 42.4. The van der Waals surface area contributed by atoms with Gasteiger partial charge in [0.2, 0.25) is 5.91 Å². The second kappa shape index (κ2) is 10.4. The van der Waals surface area contributed by atoms with Crippen molar-refractivity contribution >= 4 is 40.2 Å². The van der Waals surface area contributed by atoms with Crippen LogP contribution in [0.5, 0.6) is 0 Å². The Bertz CT molecular complexity index is 1400. The Labute approximate surface area is 199 Å². The first kappa shape index (κ1) is 23.3. The van der Waals surface area contributed by atoms with Crippen LogP contribution in [0.15, 0.2) is 75.2 Å². The van der Waals surface area contributed by atoms with E-state index in [0.29, 0.717) is 27.5 Å². The molecule has 0 bridgehead atoms. The third-order valence-electron chi connectivity index (χ3n) is 5.19. The van der Waals surface area contributed by atoms with Gasteiger partial charge < -0.3 is 14.5 Å². The Hall–Kier alpha value is -3.85. The summed E-state index contributed by atoms with van der Waals surface area (Å²) >= 11 is 1.14. The Kier molecular flexibility index (Phi) is 7.12. The van der Waals surface area contributed by atoms with Gasteiger partial charge in [0.1, 0.15) is 5.76 Å². The number of aromatic nitrogens is 2. The van der Waals surface area contributed by atoms with E-state index in [2.05, 4.69) is 10.3 Å². The summed E-state index contributed by atoms with van der Waals surface area (Å²) in [6, 6.07) is 15.7. The lowest BCUT2D eigenvalue weighted by Gasteiger charge is -2.13. The van der Waals surface area contributed by atoms with Crippen LogP contribution < -0.4 is 10.9 Å². The van der Waals surface area contributed by atoms with Gasteiger partial charge in [-0.2, -0.15) is 0 Å². The van der Waals surface area contributed by atoms with E-state index in [1.165, 1.54) is 30.1 Å². The van der Waals surface area contributed by atoms with Crippen molar-refractivity contribution in [3.05, 3.63) is 88.1 Å². The maximum Gasteiger partial charge on any atom is 0.337 e. The summed E-state index contributed by atoms with van der Waals surface area (Å²) in [5.74, 6) is -0.118. The highest BCUT2D eigenvalue weighted by molar-refractivity contribution is 7.99. The van der Waals surface area contributed by atoms with Gasteiger partial charge >= 0.3 is 5.97 Å². The average molecular weight is 478 g/mol. The van der Waals surface area contributed by atoms with Gasteiger partial charge in [-0.15, -0.1) is 0 Å². The standard InChI is InChI=1S/C25H23N3O5S/c1-3-16-6-4-7-18(12-16)26-22(29)15-34-25-27-21-13-17(24(31)32-2)9-10-20(21)23(30)28(25)14-19-8-5-11-33-19/h4-13H,3,14-15H2,1-2H3,(H,26,29). The van der Waals surface area contributed by atoms with Crippen LogP contribution in [0, 0.1) is 0 Å². The van der Waals surface area contributed by atoms with Crippen molar-refractivity contribution in [3.63, 3.8) is 0 Å². The lowest BCUT2D eigenvalue weighted by molar-refractivity contribution is -0.113. The molecule has 4 aromatic rings. The zero-order valence-electron chi connectivity index (χ0n) is 18.7. The molecule has 0 radical (unpaired) electrons. The third kappa shape index (κ3) is 5.20. The second-order valence-corrected chi connectivity index (χ2v) is 8.42. The average Bonchev–Trinajstić information content (AvgIpc) is 3.37. The van der Waals surface area contributed by atoms with Crippen molar-refractivity contribution in [2.45, 2.75) is 25.0 Å². The molecule has 0 fully saturated rings. The number of benzene rings is 2. The van der Waals surface area contributed by atoms with E-state index in [4.69, 9.17) is 9.15 Å². The van der Waals surface area contributed by atoms with E-state index in [1.54, 1.807) is 18.2 Å². The van der Waals surface area contributed by atoms with E-state index in [-0.39, 0.29) is 29.3 Å². The van der Waals surface area contributed by atoms with Crippen LogP contribution in [0.3, 0.4) is 0 Å². The van der Waals surface area contributed by atoms with Gasteiger partial charge in [0.05, 0.1) is 42.1 Å². The molecular formula is C25H23N3O5S. The molecular weight excluding hydrogens is 454 g/mol. The van der Waals surface area contributed by atoms with Gasteiger partial charge in [-0.1, -0.05) is 30.8 Å². The first-order valence-electron chi connectivity index (χ1n) is 10.7. The number of nitrogens with one attached hydrogen (secondary N) is 1. The molecule has 2 aromatic heterocycles. The fraction of sp³-hybridized carbons (Fsp3) is 0.200. The highest BCUT2D eigenvalue weighted by atomic mass is 32.2. The van der Waals surface area contributed by atoms with Crippen molar-refractivity contribution in [3.8, 4) is 0 Å². The number of thioether (sulfide) groups is 1. The fourth-order valence-electron chi connectivity index (χ4n) is 3.45. The number of esters is 1. The number of methoxy groups -OCH3 is 1. The zero-order chi connectivity index (χ0) is 24.1. The van der Waals surface area contributed by atoms with Crippen molar-refractivity contribution in [2.75, 3.05) is 18.2 Å². The molecule has 0 aliphatic heterocycles. The minimum Gasteiger partial charge on any atom is -0.467 e. The van der Waals surface area contributed by atoms with E-state index < -0.39 is 5.97 Å². The molecule has 9 heteroatoms.